The highest BCUT2D eigenvalue weighted by Crippen LogP contribution is 2.19. The van der Waals surface area contributed by atoms with E-state index in [9.17, 15) is 9.00 Å². The van der Waals surface area contributed by atoms with Gasteiger partial charge in [0, 0.05) is 22.3 Å². The second-order valence-corrected chi connectivity index (χ2v) is 5.13. The zero-order valence-electron chi connectivity index (χ0n) is 8.84. The van der Waals surface area contributed by atoms with Gasteiger partial charge in [-0.2, -0.15) is 0 Å². The van der Waals surface area contributed by atoms with Crippen LogP contribution in [0.3, 0.4) is 0 Å². The van der Waals surface area contributed by atoms with Gasteiger partial charge in [0.2, 0.25) is 0 Å². The van der Waals surface area contributed by atoms with Crippen molar-refractivity contribution in [3.05, 3.63) is 24.2 Å². The summed E-state index contributed by atoms with van der Waals surface area (Å²) in [5.41, 5.74) is 0. The summed E-state index contributed by atoms with van der Waals surface area (Å²) < 4.78 is 21.5. The molecule has 0 saturated carbocycles. The molecule has 0 bridgehead atoms. The van der Waals surface area contributed by atoms with Crippen molar-refractivity contribution in [2.45, 2.75) is 12.1 Å². The number of esters is 1. The van der Waals surface area contributed by atoms with Crippen molar-refractivity contribution < 1.29 is 18.2 Å². The van der Waals surface area contributed by atoms with Crippen molar-refractivity contribution in [1.29, 1.82) is 0 Å². The molecule has 1 N–H and O–H groups in total. The molecular formula is C10H13NO4S. The molecule has 0 aromatic carbocycles. The SMILES string of the molecule is COC(=O)C1CS(=O)CC(c2ccco2)N1. The molecule has 2 heterocycles. The third kappa shape index (κ3) is 2.33. The van der Waals surface area contributed by atoms with Gasteiger partial charge in [0.05, 0.1) is 19.4 Å². The monoisotopic (exact) mass is 243 g/mol. The van der Waals surface area contributed by atoms with E-state index in [1.165, 1.54) is 7.11 Å². The van der Waals surface area contributed by atoms with Gasteiger partial charge in [-0.25, -0.2) is 0 Å². The van der Waals surface area contributed by atoms with E-state index in [0.29, 0.717) is 17.3 Å². The Morgan fingerprint density at radius 3 is 3.06 bits per heavy atom. The van der Waals surface area contributed by atoms with E-state index in [-0.39, 0.29) is 12.0 Å². The number of hydrogen-bond acceptors (Lipinski definition) is 5. The Balaban J connectivity index is 2.11. The maximum absolute atomic E-state index is 11.6. The zero-order valence-corrected chi connectivity index (χ0v) is 9.66. The number of hydrogen-bond donors (Lipinski definition) is 1. The van der Waals surface area contributed by atoms with Crippen LogP contribution in [0.15, 0.2) is 22.8 Å². The van der Waals surface area contributed by atoms with E-state index in [1.807, 2.05) is 0 Å². The highest BCUT2D eigenvalue weighted by molar-refractivity contribution is 7.85. The van der Waals surface area contributed by atoms with Crippen molar-refractivity contribution in [2.24, 2.45) is 0 Å². The smallest absolute Gasteiger partial charge is 0.323 e. The predicted molar refractivity (Wildman–Crippen MR) is 58.3 cm³/mol. The first kappa shape index (κ1) is 11.3. The molecule has 16 heavy (non-hydrogen) atoms. The van der Waals surface area contributed by atoms with Crippen LogP contribution in [0.5, 0.6) is 0 Å². The van der Waals surface area contributed by atoms with Crippen LogP contribution in [0, 0.1) is 0 Å². The summed E-state index contributed by atoms with van der Waals surface area (Å²) in [6, 6.07) is 2.86. The molecule has 0 amide bonds. The summed E-state index contributed by atoms with van der Waals surface area (Å²) in [6.45, 7) is 0. The Morgan fingerprint density at radius 2 is 2.44 bits per heavy atom. The molecule has 6 heteroatoms. The fourth-order valence-electron chi connectivity index (χ4n) is 1.71. The Labute approximate surface area is 95.6 Å². The molecule has 3 atom stereocenters. The number of nitrogens with one attached hydrogen (secondary N) is 1. The molecule has 5 nitrogen and oxygen atoms in total. The van der Waals surface area contributed by atoms with Gasteiger partial charge in [-0.1, -0.05) is 0 Å². The molecule has 0 spiro atoms. The molecule has 0 aliphatic carbocycles. The first-order valence-corrected chi connectivity index (χ1v) is 6.41. The summed E-state index contributed by atoms with van der Waals surface area (Å²) in [4.78, 5) is 11.4. The van der Waals surface area contributed by atoms with Crippen molar-refractivity contribution >= 4 is 16.8 Å². The Bertz CT molecular complexity index is 390. The lowest BCUT2D eigenvalue weighted by atomic mass is 10.2. The van der Waals surface area contributed by atoms with Crippen LogP contribution >= 0.6 is 0 Å². The van der Waals surface area contributed by atoms with E-state index < -0.39 is 16.8 Å². The average Bonchev–Trinajstić information content (AvgIpc) is 2.80. The molecular weight excluding hydrogens is 230 g/mol. The second-order valence-electron chi connectivity index (χ2n) is 3.58. The summed E-state index contributed by atoms with van der Waals surface area (Å²) >= 11 is 0. The first-order chi connectivity index (χ1) is 7.70. The average molecular weight is 243 g/mol. The summed E-state index contributed by atoms with van der Waals surface area (Å²) in [7, 11) is 0.292. The standard InChI is InChI=1S/C10H13NO4S/c1-14-10(12)8-6-16(13)5-7(11-8)9-3-2-4-15-9/h2-4,7-8,11H,5-6H2,1H3. The fourth-order valence-corrected chi connectivity index (χ4v) is 3.08. The van der Waals surface area contributed by atoms with Gasteiger partial charge >= 0.3 is 5.97 Å². The highest BCUT2D eigenvalue weighted by Gasteiger charge is 2.32. The van der Waals surface area contributed by atoms with E-state index in [4.69, 9.17) is 4.42 Å². The summed E-state index contributed by atoms with van der Waals surface area (Å²) in [5, 5.41) is 3.08. The van der Waals surface area contributed by atoms with Crippen molar-refractivity contribution in [3.8, 4) is 0 Å². The molecule has 2 rings (SSSR count). The molecule has 3 unspecified atom stereocenters. The fraction of sp³-hybridized carbons (Fsp3) is 0.500. The number of carbonyl (C=O) groups excluding carboxylic acids is 1. The highest BCUT2D eigenvalue weighted by atomic mass is 32.2. The number of carbonyl (C=O) groups is 1. The van der Waals surface area contributed by atoms with Crippen LogP contribution in [-0.4, -0.2) is 34.8 Å². The molecule has 1 aromatic heterocycles. The van der Waals surface area contributed by atoms with Gasteiger partial charge in [-0.15, -0.1) is 0 Å². The number of furan rings is 1. The lowest BCUT2D eigenvalue weighted by molar-refractivity contribution is -0.142. The molecule has 88 valence electrons. The molecule has 1 aliphatic heterocycles. The Morgan fingerprint density at radius 1 is 1.62 bits per heavy atom. The van der Waals surface area contributed by atoms with Crippen molar-refractivity contribution in [1.82, 2.24) is 5.32 Å². The van der Waals surface area contributed by atoms with Crippen LogP contribution in [0.1, 0.15) is 11.8 Å². The molecule has 0 radical (unpaired) electrons. The van der Waals surface area contributed by atoms with Gasteiger partial charge in [0.15, 0.2) is 0 Å². The minimum atomic E-state index is -1.03. The third-order valence-corrected chi connectivity index (χ3v) is 3.89. The quantitative estimate of drug-likeness (QED) is 0.752. The molecule has 1 aromatic rings. The van der Waals surface area contributed by atoms with Crippen LogP contribution in [0.2, 0.25) is 0 Å². The minimum Gasteiger partial charge on any atom is -0.468 e. The maximum atomic E-state index is 11.6. The minimum absolute atomic E-state index is 0.186. The predicted octanol–water partition coefficient (Wildman–Crippen LogP) is 0.214. The van der Waals surface area contributed by atoms with Gasteiger partial charge in [-0.05, 0) is 12.1 Å². The number of rotatable bonds is 2. The van der Waals surface area contributed by atoms with Gasteiger partial charge in [-0.3, -0.25) is 14.3 Å². The number of methoxy groups -OCH3 is 1. The van der Waals surface area contributed by atoms with Gasteiger partial charge < -0.3 is 9.15 Å². The van der Waals surface area contributed by atoms with Crippen molar-refractivity contribution in [2.75, 3.05) is 18.6 Å². The normalized spacial score (nSPS) is 29.9. The Hall–Kier alpha value is -1.14. The molecule has 1 aliphatic rings. The van der Waals surface area contributed by atoms with Crippen LogP contribution < -0.4 is 5.32 Å². The summed E-state index contributed by atoms with van der Waals surface area (Å²) in [5.74, 6) is 1.07. The Kier molecular flexibility index (Phi) is 3.40. The van der Waals surface area contributed by atoms with E-state index >= 15 is 0 Å². The van der Waals surface area contributed by atoms with Crippen LogP contribution in [0.4, 0.5) is 0 Å². The second kappa shape index (κ2) is 4.80. The van der Waals surface area contributed by atoms with Gasteiger partial charge in [0.1, 0.15) is 11.8 Å². The molecule has 1 saturated heterocycles. The lowest BCUT2D eigenvalue weighted by Crippen LogP contribution is -2.49. The van der Waals surface area contributed by atoms with Crippen LogP contribution in [0.25, 0.3) is 0 Å². The topological polar surface area (TPSA) is 68.5 Å². The maximum Gasteiger partial charge on any atom is 0.323 e. The lowest BCUT2D eigenvalue weighted by Gasteiger charge is -2.27. The number of ether oxygens (including phenoxy) is 1. The third-order valence-electron chi connectivity index (χ3n) is 2.48. The van der Waals surface area contributed by atoms with E-state index in [0.717, 1.165) is 0 Å². The van der Waals surface area contributed by atoms with Crippen molar-refractivity contribution in [3.63, 3.8) is 0 Å². The van der Waals surface area contributed by atoms with Gasteiger partial charge in [0.25, 0.3) is 0 Å². The first-order valence-electron chi connectivity index (χ1n) is 4.93. The zero-order chi connectivity index (χ0) is 11.5. The largest absolute Gasteiger partial charge is 0.468 e. The van der Waals surface area contributed by atoms with E-state index in [2.05, 4.69) is 10.1 Å². The summed E-state index contributed by atoms with van der Waals surface area (Å²) in [6.07, 6.45) is 1.56. The van der Waals surface area contributed by atoms with Crippen LogP contribution in [-0.2, 0) is 20.3 Å². The molecule has 1 fully saturated rings. The van der Waals surface area contributed by atoms with E-state index in [1.54, 1.807) is 18.4 Å².